The Hall–Kier alpha value is -3.14. The predicted octanol–water partition coefficient (Wildman–Crippen LogP) is 2.24. The van der Waals surface area contributed by atoms with Gasteiger partial charge in [0.25, 0.3) is 11.8 Å². The van der Waals surface area contributed by atoms with E-state index in [4.69, 9.17) is 16.2 Å². The number of carbonyl (C=O) groups is 3. The van der Waals surface area contributed by atoms with Gasteiger partial charge in [-0.1, -0.05) is 25.3 Å². The summed E-state index contributed by atoms with van der Waals surface area (Å²) in [6.45, 7) is 1.65. The molecule has 3 rings (SSSR count). The van der Waals surface area contributed by atoms with Gasteiger partial charge in [-0.15, -0.1) is 0 Å². The predicted molar refractivity (Wildman–Crippen MR) is 119 cm³/mol. The largest absolute Gasteiger partial charge is 0.495 e. The molecule has 2 aromatic rings. The number of hydrogen-bond donors (Lipinski definition) is 3. The number of amides is 3. The molecule has 0 radical (unpaired) electrons. The van der Waals surface area contributed by atoms with Crippen LogP contribution in [0.5, 0.6) is 5.75 Å². The Kier molecular flexibility index (Phi) is 7.11. The van der Waals surface area contributed by atoms with Crippen LogP contribution in [0.4, 0.5) is 11.4 Å². The molecule has 0 spiro atoms. The SMILES string of the molecule is COc1ccc(C)cc1N(CC(=O)NC1CCCCC1)C(=O)c1snc(C(N)=O)c1N. The normalized spacial score (nSPS) is 14.1. The van der Waals surface area contributed by atoms with Crippen molar-refractivity contribution in [1.82, 2.24) is 9.69 Å². The summed E-state index contributed by atoms with van der Waals surface area (Å²) >= 11 is 0.776. The second-order valence-corrected chi connectivity index (χ2v) is 8.38. The minimum Gasteiger partial charge on any atom is -0.495 e. The number of methoxy groups -OCH3 is 1. The lowest BCUT2D eigenvalue weighted by Gasteiger charge is -2.27. The number of aromatic nitrogens is 1. The topological polar surface area (TPSA) is 141 Å². The second-order valence-electron chi connectivity index (χ2n) is 7.61. The van der Waals surface area contributed by atoms with Crippen LogP contribution in [-0.2, 0) is 4.79 Å². The summed E-state index contributed by atoms with van der Waals surface area (Å²) in [6, 6.07) is 5.44. The third kappa shape index (κ3) is 5.13. The van der Waals surface area contributed by atoms with Gasteiger partial charge in [0.05, 0.1) is 18.5 Å². The van der Waals surface area contributed by atoms with Gasteiger partial charge in [-0.2, -0.15) is 4.37 Å². The molecule has 3 amide bonds. The quantitative estimate of drug-likeness (QED) is 0.597. The number of rotatable bonds is 7. The molecular weight excluding hydrogens is 418 g/mol. The number of hydrogen-bond acceptors (Lipinski definition) is 7. The Labute approximate surface area is 184 Å². The van der Waals surface area contributed by atoms with E-state index in [2.05, 4.69) is 9.69 Å². The van der Waals surface area contributed by atoms with Crippen LogP contribution in [0, 0.1) is 6.92 Å². The van der Waals surface area contributed by atoms with Crippen molar-refractivity contribution in [3.05, 3.63) is 34.3 Å². The van der Waals surface area contributed by atoms with E-state index < -0.39 is 11.8 Å². The highest BCUT2D eigenvalue weighted by Crippen LogP contribution is 2.32. The summed E-state index contributed by atoms with van der Waals surface area (Å²) in [5.74, 6) is -1.21. The number of nitrogens with two attached hydrogens (primary N) is 2. The van der Waals surface area contributed by atoms with Crippen LogP contribution in [0.3, 0.4) is 0 Å². The van der Waals surface area contributed by atoms with E-state index in [1.807, 2.05) is 13.0 Å². The molecule has 166 valence electrons. The second kappa shape index (κ2) is 9.78. The molecule has 10 heteroatoms. The molecule has 5 N–H and O–H groups in total. The molecule has 0 atom stereocenters. The van der Waals surface area contributed by atoms with E-state index in [9.17, 15) is 14.4 Å². The number of primary amides is 1. The number of nitrogens with one attached hydrogen (secondary N) is 1. The van der Waals surface area contributed by atoms with Gasteiger partial charge < -0.3 is 21.5 Å². The lowest BCUT2D eigenvalue weighted by molar-refractivity contribution is -0.120. The van der Waals surface area contributed by atoms with Crippen molar-refractivity contribution < 1.29 is 19.1 Å². The van der Waals surface area contributed by atoms with Crippen LogP contribution in [0.2, 0.25) is 0 Å². The fourth-order valence-corrected chi connectivity index (χ4v) is 4.45. The highest BCUT2D eigenvalue weighted by atomic mass is 32.1. The van der Waals surface area contributed by atoms with Crippen molar-refractivity contribution >= 4 is 40.6 Å². The molecule has 31 heavy (non-hydrogen) atoms. The highest BCUT2D eigenvalue weighted by molar-refractivity contribution is 7.09. The Morgan fingerprint density at radius 2 is 1.97 bits per heavy atom. The van der Waals surface area contributed by atoms with Crippen molar-refractivity contribution in [2.75, 3.05) is 24.3 Å². The van der Waals surface area contributed by atoms with Crippen molar-refractivity contribution in [3.63, 3.8) is 0 Å². The monoisotopic (exact) mass is 445 g/mol. The summed E-state index contributed by atoms with van der Waals surface area (Å²) < 4.78 is 9.34. The number of benzene rings is 1. The van der Waals surface area contributed by atoms with Gasteiger partial charge in [-0.05, 0) is 49.0 Å². The first-order chi connectivity index (χ1) is 14.8. The van der Waals surface area contributed by atoms with Crippen LogP contribution in [0.15, 0.2) is 18.2 Å². The molecular formula is C21H27N5O4S. The van der Waals surface area contributed by atoms with Gasteiger partial charge in [-0.3, -0.25) is 19.3 Å². The molecule has 0 bridgehead atoms. The molecule has 0 aliphatic heterocycles. The molecule has 1 aromatic carbocycles. The minimum atomic E-state index is -0.817. The number of aryl methyl sites for hydroxylation is 1. The fraction of sp³-hybridized carbons (Fsp3) is 0.429. The first kappa shape index (κ1) is 22.5. The van der Waals surface area contributed by atoms with E-state index in [1.165, 1.54) is 18.4 Å². The van der Waals surface area contributed by atoms with Crippen LogP contribution in [0.1, 0.15) is 57.8 Å². The van der Waals surface area contributed by atoms with Gasteiger partial charge in [0, 0.05) is 6.04 Å². The van der Waals surface area contributed by atoms with Gasteiger partial charge in [0.1, 0.15) is 17.2 Å². The maximum absolute atomic E-state index is 13.4. The Morgan fingerprint density at radius 3 is 2.58 bits per heavy atom. The number of nitrogens with zero attached hydrogens (tertiary/aromatic N) is 2. The van der Waals surface area contributed by atoms with Crippen molar-refractivity contribution in [2.45, 2.75) is 45.1 Å². The molecule has 1 saturated carbocycles. The molecule has 9 nitrogen and oxygen atoms in total. The molecule has 1 heterocycles. The van der Waals surface area contributed by atoms with Crippen LogP contribution in [-0.4, -0.2) is 41.8 Å². The lowest BCUT2D eigenvalue weighted by atomic mass is 9.95. The summed E-state index contributed by atoms with van der Waals surface area (Å²) in [5, 5.41) is 3.02. The van der Waals surface area contributed by atoms with Crippen molar-refractivity contribution in [1.29, 1.82) is 0 Å². The molecule has 0 saturated heterocycles. The third-order valence-electron chi connectivity index (χ3n) is 5.30. The molecule has 1 aromatic heterocycles. The maximum atomic E-state index is 13.4. The van der Waals surface area contributed by atoms with Gasteiger partial charge >= 0.3 is 0 Å². The average Bonchev–Trinajstić information content (AvgIpc) is 3.14. The van der Waals surface area contributed by atoms with E-state index in [0.29, 0.717) is 11.4 Å². The number of nitrogen functional groups attached to an aromatic ring is 1. The summed E-state index contributed by atoms with van der Waals surface area (Å²) in [5.41, 5.74) is 12.3. The van der Waals surface area contributed by atoms with Crippen molar-refractivity contribution in [2.24, 2.45) is 5.73 Å². The summed E-state index contributed by atoms with van der Waals surface area (Å²) in [4.78, 5) is 39.2. The van der Waals surface area contributed by atoms with E-state index >= 15 is 0 Å². The van der Waals surface area contributed by atoms with Gasteiger partial charge in [-0.25, -0.2) is 0 Å². The lowest BCUT2D eigenvalue weighted by Crippen LogP contribution is -2.45. The zero-order valence-electron chi connectivity index (χ0n) is 17.6. The van der Waals surface area contributed by atoms with Gasteiger partial charge in [0.15, 0.2) is 5.69 Å². The Bertz CT molecular complexity index is 984. The van der Waals surface area contributed by atoms with Crippen molar-refractivity contribution in [3.8, 4) is 5.75 Å². The van der Waals surface area contributed by atoms with Crippen LogP contribution in [0.25, 0.3) is 0 Å². The summed E-state index contributed by atoms with van der Waals surface area (Å²) in [7, 11) is 1.49. The smallest absolute Gasteiger partial charge is 0.272 e. The van der Waals surface area contributed by atoms with E-state index in [0.717, 1.165) is 42.8 Å². The van der Waals surface area contributed by atoms with Crippen LogP contribution >= 0.6 is 11.5 Å². The molecule has 0 unspecified atom stereocenters. The first-order valence-electron chi connectivity index (χ1n) is 10.1. The third-order valence-corrected chi connectivity index (χ3v) is 6.15. The summed E-state index contributed by atoms with van der Waals surface area (Å²) in [6.07, 6.45) is 5.18. The van der Waals surface area contributed by atoms with E-state index in [-0.39, 0.29) is 34.8 Å². The zero-order chi connectivity index (χ0) is 22.5. The number of anilines is 2. The molecule has 1 fully saturated rings. The van der Waals surface area contributed by atoms with Gasteiger partial charge in [0.2, 0.25) is 5.91 Å². The zero-order valence-corrected chi connectivity index (χ0v) is 18.5. The van der Waals surface area contributed by atoms with E-state index in [1.54, 1.807) is 12.1 Å². The van der Waals surface area contributed by atoms with Crippen LogP contribution < -0.4 is 26.4 Å². The average molecular weight is 446 g/mol. The fourth-order valence-electron chi connectivity index (χ4n) is 3.69. The number of ether oxygens (including phenoxy) is 1. The number of carbonyl (C=O) groups excluding carboxylic acids is 3. The standard InChI is InChI=1S/C21H27N5O4S/c1-12-8-9-15(30-2)14(10-12)26(11-16(27)24-13-6-4-3-5-7-13)21(29)19-17(22)18(20(23)28)25-31-19/h8-10,13H,3-7,11,22H2,1-2H3,(H2,23,28)(H,24,27). The minimum absolute atomic E-state index is 0.0443. The Balaban J connectivity index is 1.94. The Morgan fingerprint density at radius 1 is 1.26 bits per heavy atom. The molecule has 1 aliphatic rings. The highest BCUT2D eigenvalue weighted by Gasteiger charge is 2.29. The molecule has 1 aliphatic carbocycles. The maximum Gasteiger partial charge on any atom is 0.272 e. The first-order valence-corrected chi connectivity index (χ1v) is 10.9.